The Hall–Kier alpha value is -4.20. The Bertz CT molecular complexity index is 1300. The molecule has 4 rings (SSSR count). The Balaban J connectivity index is 1.33. The largest absolute Gasteiger partial charge is 0.368 e. The van der Waals surface area contributed by atoms with Crippen molar-refractivity contribution in [3.05, 3.63) is 99.1 Å². The van der Waals surface area contributed by atoms with Crippen LogP contribution < -0.4 is 10.2 Å². The van der Waals surface area contributed by atoms with Gasteiger partial charge in [0.05, 0.1) is 4.92 Å². The van der Waals surface area contributed by atoms with Gasteiger partial charge in [-0.25, -0.2) is 0 Å². The smallest absolute Gasteiger partial charge is 0.273 e. The molecule has 1 aliphatic heterocycles. The van der Waals surface area contributed by atoms with Crippen molar-refractivity contribution in [2.24, 2.45) is 0 Å². The molecule has 37 heavy (non-hydrogen) atoms. The summed E-state index contributed by atoms with van der Waals surface area (Å²) in [6, 6.07) is 19.8. The molecule has 0 unspecified atom stereocenters. The number of hydrogen-bond donors (Lipinski definition) is 1. The Morgan fingerprint density at radius 3 is 2.03 bits per heavy atom. The fourth-order valence-electron chi connectivity index (χ4n) is 4.37. The number of rotatable bonds is 5. The molecule has 8 heteroatoms. The van der Waals surface area contributed by atoms with Crippen LogP contribution in [0.5, 0.6) is 0 Å². The minimum atomic E-state index is -0.489. The zero-order chi connectivity index (χ0) is 26.7. The molecule has 0 aliphatic carbocycles. The van der Waals surface area contributed by atoms with Crippen LogP contribution in [-0.4, -0.2) is 47.8 Å². The summed E-state index contributed by atoms with van der Waals surface area (Å²) in [6.07, 6.45) is 0. The summed E-state index contributed by atoms with van der Waals surface area (Å²) < 4.78 is 0. The number of aryl methyl sites for hydroxylation is 1. The average molecular weight is 501 g/mol. The van der Waals surface area contributed by atoms with Crippen molar-refractivity contribution >= 4 is 28.9 Å². The molecule has 0 atom stereocenters. The quantitative estimate of drug-likeness (QED) is 0.373. The van der Waals surface area contributed by atoms with E-state index in [2.05, 4.69) is 31.0 Å². The van der Waals surface area contributed by atoms with Gasteiger partial charge in [0.25, 0.3) is 17.5 Å². The van der Waals surface area contributed by atoms with Crippen LogP contribution in [0.1, 0.15) is 52.6 Å². The van der Waals surface area contributed by atoms with Gasteiger partial charge in [-0.3, -0.25) is 19.7 Å². The number of anilines is 2. The number of hydrogen-bond acceptors (Lipinski definition) is 5. The predicted octanol–water partition coefficient (Wildman–Crippen LogP) is 5.42. The summed E-state index contributed by atoms with van der Waals surface area (Å²) >= 11 is 0. The molecule has 1 fully saturated rings. The van der Waals surface area contributed by atoms with Gasteiger partial charge in [-0.2, -0.15) is 0 Å². The molecule has 2 amide bonds. The molecule has 0 aromatic heterocycles. The number of nitrogens with one attached hydrogen (secondary N) is 1. The highest BCUT2D eigenvalue weighted by molar-refractivity contribution is 6.04. The summed E-state index contributed by atoms with van der Waals surface area (Å²) in [4.78, 5) is 40.3. The third-order valence-corrected chi connectivity index (χ3v) is 6.72. The van der Waals surface area contributed by atoms with E-state index in [1.54, 1.807) is 19.1 Å². The lowest BCUT2D eigenvalue weighted by molar-refractivity contribution is -0.385. The van der Waals surface area contributed by atoms with Gasteiger partial charge in [0.1, 0.15) is 0 Å². The molecule has 1 N–H and O–H groups in total. The summed E-state index contributed by atoms with van der Waals surface area (Å²) in [5.41, 5.74) is 4.22. The summed E-state index contributed by atoms with van der Waals surface area (Å²) in [7, 11) is 0. The van der Waals surface area contributed by atoms with Gasteiger partial charge in [0.2, 0.25) is 0 Å². The first kappa shape index (κ1) is 25.9. The molecule has 1 heterocycles. The number of nitro benzene ring substituents is 1. The second-order valence-corrected chi connectivity index (χ2v) is 10.4. The Labute approximate surface area is 217 Å². The van der Waals surface area contributed by atoms with Crippen molar-refractivity contribution in [2.75, 3.05) is 36.4 Å². The maximum Gasteiger partial charge on any atom is 0.273 e. The molecule has 1 aliphatic rings. The summed E-state index contributed by atoms with van der Waals surface area (Å²) in [6.45, 7) is 10.8. The van der Waals surface area contributed by atoms with Crippen LogP contribution in [0.3, 0.4) is 0 Å². The lowest BCUT2D eigenvalue weighted by atomic mass is 9.86. The number of nitrogens with zero attached hydrogens (tertiary/aromatic N) is 3. The third kappa shape index (κ3) is 5.97. The second-order valence-electron chi connectivity index (χ2n) is 10.4. The van der Waals surface area contributed by atoms with Gasteiger partial charge in [-0.1, -0.05) is 39.0 Å². The summed E-state index contributed by atoms with van der Waals surface area (Å²) in [5, 5.41) is 14.0. The van der Waals surface area contributed by atoms with Gasteiger partial charge in [-0.15, -0.1) is 0 Å². The van der Waals surface area contributed by atoms with Crippen LogP contribution in [0.25, 0.3) is 0 Å². The molecule has 0 spiro atoms. The maximum absolute atomic E-state index is 13.0. The standard InChI is InChI=1S/C29H32N4O4/c1-20-5-6-22(19-26(20)33(36)37)27(34)30-24-11-13-25(14-12-24)31-15-17-32(18-16-31)28(35)21-7-9-23(10-8-21)29(2,3)4/h5-14,19H,15-18H2,1-4H3,(H,30,34). The average Bonchev–Trinajstić information content (AvgIpc) is 2.88. The van der Waals surface area contributed by atoms with E-state index in [1.807, 2.05) is 53.4 Å². The fourth-order valence-corrected chi connectivity index (χ4v) is 4.37. The molecular formula is C29H32N4O4. The van der Waals surface area contributed by atoms with Gasteiger partial charge < -0.3 is 15.1 Å². The molecular weight excluding hydrogens is 468 g/mol. The van der Waals surface area contributed by atoms with Gasteiger partial charge in [0.15, 0.2) is 0 Å². The Morgan fingerprint density at radius 1 is 0.865 bits per heavy atom. The van der Waals surface area contributed by atoms with E-state index in [4.69, 9.17) is 0 Å². The van der Waals surface area contributed by atoms with E-state index in [0.29, 0.717) is 43.0 Å². The van der Waals surface area contributed by atoms with Crippen molar-refractivity contribution in [3.63, 3.8) is 0 Å². The van der Waals surface area contributed by atoms with E-state index in [0.717, 1.165) is 5.69 Å². The number of nitro groups is 1. The molecule has 0 bridgehead atoms. The van der Waals surface area contributed by atoms with Crippen LogP contribution in [0, 0.1) is 17.0 Å². The van der Waals surface area contributed by atoms with Gasteiger partial charge in [0, 0.05) is 60.3 Å². The normalized spacial score (nSPS) is 13.8. The number of benzene rings is 3. The van der Waals surface area contributed by atoms with Crippen molar-refractivity contribution in [2.45, 2.75) is 33.1 Å². The van der Waals surface area contributed by atoms with Crippen LogP contribution >= 0.6 is 0 Å². The van der Waals surface area contributed by atoms with E-state index in [1.165, 1.54) is 11.6 Å². The first-order chi connectivity index (χ1) is 17.5. The first-order valence-electron chi connectivity index (χ1n) is 12.3. The lowest BCUT2D eigenvalue weighted by Gasteiger charge is -2.36. The van der Waals surface area contributed by atoms with Crippen molar-refractivity contribution < 1.29 is 14.5 Å². The molecule has 0 saturated carbocycles. The molecule has 3 aromatic rings. The molecule has 0 radical (unpaired) electrons. The lowest BCUT2D eigenvalue weighted by Crippen LogP contribution is -2.48. The van der Waals surface area contributed by atoms with E-state index < -0.39 is 10.8 Å². The van der Waals surface area contributed by atoms with Crippen LogP contribution in [0.15, 0.2) is 66.7 Å². The van der Waals surface area contributed by atoms with Crippen LogP contribution in [0.2, 0.25) is 0 Å². The molecule has 192 valence electrons. The van der Waals surface area contributed by atoms with Crippen LogP contribution in [-0.2, 0) is 5.41 Å². The molecule has 3 aromatic carbocycles. The highest BCUT2D eigenvalue weighted by atomic mass is 16.6. The zero-order valence-corrected chi connectivity index (χ0v) is 21.7. The predicted molar refractivity (Wildman–Crippen MR) is 145 cm³/mol. The van der Waals surface area contributed by atoms with Crippen molar-refractivity contribution in [3.8, 4) is 0 Å². The highest BCUT2D eigenvalue weighted by Crippen LogP contribution is 2.24. The first-order valence-corrected chi connectivity index (χ1v) is 12.3. The topological polar surface area (TPSA) is 95.8 Å². The summed E-state index contributed by atoms with van der Waals surface area (Å²) in [5.74, 6) is -0.354. The molecule has 8 nitrogen and oxygen atoms in total. The van der Waals surface area contributed by atoms with Gasteiger partial charge in [-0.05, 0) is 60.4 Å². The number of carbonyl (C=O) groups excluding carboxylic acids is 2. The van der Waals surface area contributed by atoms with Gasteiger partial charge >= 0.3 is 0 Å². The Kier molecular flexibility index (Phi) is 7.29. The number of carbonyl (C=O) groups is 2. The SMILES string of the molecule is Cc1ccc(C(=O)Nc2ccc(N3CCN(C(=O)c4ccc(C(C)(C)C)cc4)CC3)cc2)cc1[N+](=O)[O-]. The maximum atomic E-state index is 13.0. The molecule has 1 saturated heterocycles. The van der Waals surface area contributed by atoms with E-state index >= 15 is 0 Å². The Morgan fingerprint density at radius 2 is 1.46 bits per heavy atom. The van der Waals surface area contributed by atoms with E-state index in [9.17, 15) is 19.7 Å². The fraction of sp³-hybridized carbons (Fsp3) is 0.310. The minimum absolute atomic E-state index is 0.0486. The monoisotopic (exact) mass is 500 g/mol. The highest BCUT2D eigenvalue weighted by Gasteiger charge is 2.23. The minimum Gasteiger partial charge on any atom is -0.368 e. The number of amides is 2. The van der Waals surface area contributed by atoms with Crippen molar-refractivity contribution in [1.82, 2.24) is 4.90 Å². The van der Waals surface area contributed by atoms with E-state index in [-0.39, 0.29) is 22.6 Å². The second kappa shape index (κ2) is 10.4. The third-order valence-electron chi connectivity index (χ3n) is 6.72. The van der Waals surface area contributed by atoms with Crippen LogP contribution in [0.4, 0.5) is 17.1 Å². The zero-order valence-electron chi connectivity index (χ0n) is 21.7. The van der Waals surface area contributed by atoms with Crippen molar-refractivity contribution in [1.29, 1.82) is 0 Å². The number of piperazine rings is 1.